The number of nitrogens with one attached hydrogen (secondary N) is 1. The predicted octanol–water partition coefficient (Wildman–Crippen LogP) is 4.58. The highest BCUT2D eigenvalue weighted by molar-refractivity contribution is 6.33. The number of halogens is 1. The highest BCUT2D eigenvalue weighted by Gasteiger charge is 2.12. The van der Waals surface area contributed by atoms with E-state index >= 15 is 0 Å². The van der Waals surface area contributed by atoms with Gasteiger partial charge in [0.15, 0.2) is 0 Å². The molecule has 0 saturated carbocycles. The Hall–Kier alpha value is -2.00. The van der Waals surface area contributed by atoms with Gasteiger partial charge in [-0.3, -0.25) is 4.79 Å². The number of nitrogens with zero attached hydrogens (tertiary/aromatic N) is 1. The second kappa shape index (κ2) is 6.84. The van der Waals surface area contributed by atoms with Crippen LogP contribution < -0.4 is 10.2 Å². The second-order valence-corrected chi connectivity index (χ2v) is 5.94. The lowest BCUT2D eigenvalue weighted by Crippen LogP contribution is -2.29. The van der Waals surface area contributed by atoms with Crippen molar-refractivity contribution < 1.29 is 4.79 Å². The van der Waals surface area contributed by atoms with Crippen molar-refractivity contribution in [1.29, 1.82) is 0 Å². The number of hydrogen-bond acceptors (Lipinski definition) is 2. The van der Waals surface area contributed by atoms with Gasteiger partial charge in [0.1, 0.15) is 0 Å². The summed E-state index contributed by atoms with van der Waals surface area (Å²) in [5, 5.41) is 3.38. The largest absolute Gasteiger partial charge is 0.372 e. The molecule has 0 aromatic heterocycles. The van der Waals surface area contributed by atoms with Gasteiger partial charge >= 0.3 is 0 Å². The second-order valence-electron chi connectivity index (χ2n) is 5.53. The maximum Gasteiger partial charge on any atom is 0.255 e. The van der Waals surface area contributed by atoms with Crippen molar-refractivity contribution in [3.8, 4) is 0 Å². The molecule has 0 spiro atoms. The van der Waals surface area contributed by atoms with Gasteiger partial charge in [0, 0.05) is 24.3 Å². The summed E-state index contributed by atoms with van der Waals surface area (Å²) in [5.74, 6) is -0.140. The number of carbonyl (C=O) groups excluding carboxylic acids is 1. The molecule has 3 nitrogen and oxygen atoms in total. The van der Waals surface area contributed by atoms with Crippen LogP contribution in [0.3, 0.4) is 0 Å². The summed E-state index contributed by atoms with van der Waals surface area (Å²) in [6.45, 7) is 2.20. The Bertz CT molecular complexity index is 648. The molecular formula is C18H19ClN2O. The standard InChI is InChI=1S/C18H19ClN2O/c19-16-6-2-3-7-17(16)20-18(22)14-8-10-15(11-9-14)21-12-4-1-5-13-21/h2-3,6-11H,1,4-5,12-13H2,(H,20,22). The van der Waals surface area contributed by atoms with Gasteiger partial charge in [-0.15, -0.1) is 0 Å². The lowest BCUT2D eigenvalue weighted by atomic mass is 10.1. The third-order valence-corrected chi connectivity index (χ3v) is 4.30. The summed E-state index contributed by atoms with van der Waals surface area (Å²) in [4.78, 5) is 14.6. The summed E-state index contributed by atoms with van der Waals surface area (Å²) in [6, 6.07) is 15.0. The van der Waals surface area contributed by atoms with Crippen molar-refractivity contribution in [3.05, 3.63) is 59.1 Å². The molecule has 0 unspecified atom stereocenters. The Balaban J connectivity index is 1.69. The Morgan fingerprint density at radius 1 is 0.955 bits per heavy atom. The summed E-state index contributed by atoms with van der Waals surface area (Å²) >= 11 is 6.06. The molecule has 0 atom stereocenters. The van der Waals surface area contributed by atoms with Gasteiger partial charge < -0.3 is 10.2 Å². The number of benzene rings is 2. The maximum atomic E-state index is 12.3. The van der Waals surface area contributed by atoms with Gasteiger partial charge in [-0.2, -0.15) is 0 Å². The Morgan fingerprint density at radius 2 is 1.64 bits per heavy atom. The van der Waals surface area contributed by atoms with E-state index in [1.54, 1.807) is 12.1 Å². The molecule has 2 aromatic carbocycles. The number of amides is 1. The maximum absolute atomic E-state index is 12.3. The normalized spacial score (nSPS) is 14.7. The molecule has 22 heavy (non-hydrogen) atoms. The minimum Gasteiger partial charge on any atom is -0.372 e. The van der Waals surface area contributed by atoms with E-state index in [2.05, 4.69) is 10.2 Å². The quantitative estimate of drug-likeness (QED) is 0.899. The van der Waals surface area contributed by atoms with Crippen molar-refractivity contribution in [2.45, 2.75) is 19.3 Å². The molecule has 1 amide bonds. The van der Waals surface area contributed by atoms with Crippen molar-refractivity contribution in [2.24, 2.45) is 0 Å². The van der Waals surface area contributed by atoms with Gasteiger partial charge in [-0.25, -0.2) is 0 Å². The van der Waals surface area contributed by atoms with Gasteiger partial charge in [0.05, 0.1) is 10.7 Å². The van der Waals surface area contributed by atoms with Crippen molar-refractivity contribution in [2.75, 3.05) is 23.3 Å². The fourth-order valence-corrected chi connectivity index (χ4v) is 2.92. The lowest BCUT2D eigenvalue weighted by Gasteiger charge is -2.28. The number of carbonyl (C=O) groups is 1. The van der Waals surface area contributed by atoms with Gasteiger partial charge in [-0.05, 0) is 55.7 Å². The van der Waals surface area contributed by atoms with E-state index in [9.17, 15) is 4.79 Å². The zero-order valence-corrected chi connectivity index (χ0v) is 13.1. The zero-order valence-electron chi connectivity index (χ0n) is 12.4. The van der Waals surface area contributed by atoms with Crippen LogP contribution in [0, 0.1) is 0 Å². The van der Waals surface area contributed by atoms with Gasteiger partial charge in [0.2, 0.25) is 0 Å². The van der Waals surface area contributed by atoms with E-state index in [0.29, 0.717) is 16.3 Å². The molecule has 1 aliphatic rings. The van der Waals surface area contributed by atoms with E-state index in [1.807, 2.05) is 36.4 Å². The SMILES string of the molecule is O=C(Nc1ccccc1Cl)c1ccc(N2CCCCC2)cc1. The summed E-state index contributed by atoms with van der Waals surface area (Å²) in [6.07, 6.45) is 3.80. The van der Waals surface area contributed by atoms with Crippen LogP contribution in [0.2, 0.25) is 5.02 Å². The van der Waals surface area contributed by atoms with E-state index in [0.717, 1.165) is 13.1 Å². The third kappa shape index (κ3) is 3.42. The monoisotopic (exact) mass is 314 g/mol. The first-order valence-corrected chi connectivity index (χ1v) is 8.03. The number of hydrogen-bond donors (Lipinski definition) is 1. The van der Waals surface area contributed by atoms with Crippen molar-refractivity contribution >= 4 is 28.9 Å². The van der Waals surface area contributed by atoms with Crippen molar-refractivity contribution in [3.63, 3.8) is 0 Å². The molecule has 0 bridgehead atoms. The molecule has 4 heteroatoms. The fourth-order valence-electron chi connectivity index (χ4n) is 2.73. The Morgan fingerprint density at radius 3 is 2.32 bits per heavy atom. The number of anilines is 2. The predicted molar refractivity (Wildman–Crippen MR) is 91.9 cm³/mol. The molecule has 1 aliphatic heterocycles. The van der Waals surface area contributed by atoms with Crippen LogP contribution in [-0.4, -0.2) is 19.0 Å². The number of rotatable bonds is 3. The molecular weight excluding hydrogens is 296 g/mol. The fraction of sp³-hybridized carbons (Fsp3) is 0.278. The average molecular weight is 315 g/mol. The van der Waals surface area contributed by atoms with E-state index in [-0.39, 0.29) is 5.91 Å². The molecule has 114 valence electrons. The minimum atomic E-state index is -0.140. The Kier molecular flexibility index (Phi) is 4.64. The van der Waals surface area contributed by atoms with E-state index < -0.39 is 0 Å². The summed E-state index contributed by atoms with van der Waals surface area (Å²) in [7, 11) is 0. The molecule has 0 aliphatic carbocycles. The van der Waals surface area contributed by atoms with Gasteiger partial charge in [-0.1, -0.05) is 23.7 Å². The highest BCUT2D eigenvalue weighted by Crippen LogP contribution is 2.23. The molecule has 1 heterocycles. The molecule has 3 rings (SSSR count). The lowest BCUT2D eigenvalue weighted by molar-refractivity contribution is 0.102. The third-order valence-electron chi connectivity index (χ3n) is 3.97. The topological polar surface area (TPSA) is 32.3 Å². The van der Waals surface area contributed by atoms with E-state index in [1.165, 1.54) is 24.9 Å². The van der Waals surface area contributed by atoms with E-state index in [4.69, 9.17) is 11.6 Å². The van der Waals surface area contributed by atoms with Gasteiger partial charge in [0.25, 0.3) is 5.91 Å². The van der Waals surface area contributed by atoms with Crippen LogP contribution in [0.15, 0.2) is 48.5 Å². The number of para-hydroxylation sites is 1. The van der Waals surface area contributed by atoms with Crippen LogP contribution in [0.1, 0.15) is 29.6 Å². The van der Waals surface area contributed by atoms with Crippen LogP contribution in [-0.2, 0) is 0 Å². The summed E-state index contributed by atoms with van der Waals surface area (Å²) < 4.78 is 0. The molecule has 1 N–H and O–H groups in total. The first-order valence-electron chi connectivity index (χ1n) is 7.65. The van der Waals surface area contributed by atoms with Crippen LogP contribution in [0.4, 0.5) is 11.4 Å². The smallest absolute Gasteiger partial charge is 0.255 e. The van der Waals surface area contributed by atoms with Crippen LogP contribution in [0.25, 0.3) is 0 Å². The molecule has 2 aromatic rings. The first-order chi connectivity index (χ1) is 10.7. The highest BCUT2D eigenvalue weighted by atomic mass is 35.5. The first kappa shape index (κ1) is 14.9. The molecule has 1 fully saturated rings. The molecule has 1 saturated heterocycles. The zero-order chi connectivity index (χ0) is 15.4. The van der Waals surface area contributed by atoms with Crippen LogP contribution >= 0.6 is 11.6 Å². The van der Waals surface area contributed by atoms with Crippen molar-refractivity contribution in [1.82, 2.24) is 0 Å². The molecule has 0 radical (unpaired) electrons. The Labute approximate surface area is 135 Å². The minimum absolute atomic E-state index is 0.140. The average Bonchev–Trinajstić information content (AvgIpc) is 2.58. The summed E-state index contributed by atoms with van der Waals surface area (Å²) in [5.41, 5.74) is 2.46. The number of piperidine rings is 1. The van der Waals surface area contributed by atoms with Crippen LogP contribution in [0.5, 0.6) is 0 Å².